The van der Waals surface area contributed by atoms with Crippen LogP contribution in [0.5, 0.6) is 0 Å². The molecule has 0 bridgehead atoms. The third-order valence-corrected chi connectivity index (χ3v) is 3.69. The fourth-order valence-corrected chi connectivity index (χ4v) is 2.71. The maximum Gasteiger partial charge on any atom is 0.132 e. The van der Waals surface area contributed by atoms with Gasteiger partial charge in [-0.1, -0.05) is 36.3 Å². The van der Waals surface area contributed by atoms with Crippen molar-refractivity contribution in [2.45, 2.75) is 37.2 Å². The van der Waals surface area contributed by atoms with Crippen LogP contribution < -0.4 is 0 Å². The third-order valence-electron chi connectivity index (χ3n) is 3.69. The fourth-order valence-electron chi connectivity index (χ4n) is 2.71. The van der Waals surface area contributed by atoms with Gasteiger partial charge in [-0.3, -0.25) is 0 Å². The molecule has 1 aliphatic carbocycles. The van der Waals surface area contributed by atoms with Gasteiger partial charge in [0.25, 0.3) is 0 Å². The highest BCUT2D eigenvalue weighted by Gasteiger charge is 2.39. The van der Waals surface area contributed by atoms with E-state index in [0.29, 0.717) is 6.42 Å². The molecule has 1 aliphatic rings. The highest BCUT2D eigenvalue weighted by molar-refractivity contribution is 5.39. The Morgan fingerprint density at radius 3 is 3.00 bits per heavy atom. The molecule has 17 heavy (non-hydrogen) atoms. The summed E-state index contributed by atoms with van der Waals surface area (Å²) in [5.41, 5.74) is 1.54. The van der Waals surface area contributed by atoms with E-state index in [0.717, 1.165) is 19.3 Å². The van der Waals surface area contributed by atoms with Crippen molar-refractivity contribution in [3.8, 4) is 12.3 Å². The molecule has 0 saturated heterocycles. The Morgan fingerprint density at radius 1 is 1.53 bits per heavy atom. The second-order valence-electron chi connectivity index (χ2n) is 4.69. The lowest BCUT2D eigenvalue weighted by atomic mass is 9.70. The van der Waals surface area contributed by atoms with Crippen LogP contribution in [0.3, 0.4) is 0 Å². The highest BCUT2D eigenvalue weighted by Crippen LogP contribution is 2.41. The molecule has 0 aromatic heterocycles. The number of aryl methyl sites for hydroxylation is 1. The molecule has 0 radical (unpaired) electrons. The molecule has 0 spiro atoms. The summed E-state index contributed by atoms with van der Waals surface area (Å²) in [7, 11) is 0. The Morgan fingerprint density at radius 2 is 2.29 bits per heavy atom. The number of terminal acetylenes is 1. The Kier molecular flexibility index (Phi) is 3.36. The van der Waals surface area contributed by atoms with Crippen LogP contribution in [-0.2, 0) is 6.42 Å². The van der Waals surface area contributed by atoms with E-state index in [4.69, 9.17) is 6.42 Å². The Labute approximate surface area is 103 Å². The molecule has 0 saturated carbocycles. The minimum absolute atomic E-state index is 0.0375. The van der Waals surface area contributed by atoms with Crippen LogP contribution in [0.15, 0.2) is 36.9 Å². The van der Waals surface area contributed by atoms with E-state index in [9.17, 15) is 5.11 Å². The number of rotatable bonds is 3. The average Bonchev–Trinajstić information content (AvgIpc) is 2.38. The smallest absolute Gasteiger partial charge is 0.132 e. The van der Waals surface area contributed by atoms with E-state index < -0.39 is 5.60 Å². The summed E-state index contributed by atoms with van der Waals surface area (Å²) in [6.45, 7) is 3.74. The third kappa shape index (κ3) is 2.14. The van der Waals surface area contributed by atoms with Gasteiger partial charge in [-0.15, -0.1) is 13.0 Å². The predicted molar refractivity (Wildman–Crippen MR) is 70.7 cm³/mol. The molecule has 1 aromatic carbocycles. The number of hydrogen-bond donors (Lipinski definition) is 1. The lowest BCUT2D eigenvalue weighted by molar-refractivity contribution is 0.0520. The van der Waals surface area contributed by atoms with Gasteiger partial charge in [0.1, 0.15) is 5.60 Å². The molecule has 0 aliphatic heterocycles. The number of hydrogen-bond acceptors (Lipinski definition) is 1. The topological polar surface area (TPSA) is 20.2 Å². The summed E-state index contributed by atoms with van der Waals surface area (Å²) in [6.07, 6.45) is 10.7. The molecule has 88 valence electrons. The average molecular weight is 226 g/mol. The van der Waals surface area contributed by atoms with Crippen molar-refractivity contribution in [3.05, 3.63) is 48.0 Å². The monoisotopic (exact) mass is 226 g/mol. The Balaban J connectivity index is 2.39. The first-order valence-electron chi connectivity index (χ1n) is 6.10. The minimum atomic E-state index is -0.989. The molecule has 0 unspecified atom stereocenters. The van der Waals surface area contributed by atoms with Gasteiger partial charge < -0.3 is 5.11 Å². The molecule has 1 heteroatoms. The lowest BCUT2D eigenvalue weighted by Crippen LogP contribution is -2.39. The first kappa shape index (κ1) is 12.0. The molecule has 1 aromatic rings. The summed E-state index contributed by atoms with van der Waals surface area (Å²) in [5, 5.41) is 10.5. The molecule has 1 N–H and O–H groups in total. The van der Waals surface area contributed by atoms with E-state index in [-0.39, 0.29) is 5.92 Å². The number of fused-ring (bicyclic) bond motifs is 1. The first-order chi connectivity index (χ1) is 8.21. The van der Waals surface area contributed by atoms with Gasteiger partial charge in [0, 0.05) is 5.92 Å². The molecular weight excluding hydrogens is 208 g/mol. The van der Waals surface area contributed by atoms with Crippen molar-refractivity contribution in [1.29, 1.82) is 0 Å². The van der Waals surface area contributed by atoms with Gasteiger partial charge in [-0.25, -0.2) is 0 Å². The van der Waals surface area contributed by atoms with Crippen LogP contribution in [0.2, 0.25) is 0 Å². The van der Waals surface area contributed by atoms with Gasteiger partial charge in [0.15, 0.2) is 0 Å². The SMILES string of the molecule is C#C[C@]1(O)CCc2ccccc2[C@H]1CCC=C. The molecule has 0 fully saturated rings. The van der Waals surface area contributed by atoms with Crippen LogP contribution in [-0.4, -0.2) is 10.7 Å². The van der Waals surface area contributed by atoms with Crippen LogP contribution in [0, 0.1) is 12.3 Å². The van der Waals surface area contributed by atoms with Gasteiger partial charge in [-0.2, -0.15) is 0 Å². The van der Waals surface area contributed by atoms with Crippen LogP contribution in [0.4, 0.5) is 0 Å². The van der Waals surface area contributed by atoms with Gasteiger partial charge in [0.05, 0.1) is 0 Å². The van der Waals surface area contributed by atoms with Gasteiger partial charge in [-0.05, 0) is 36.8 Å². The van der Waals surface area contributed by atoms with Crippen LogP contribution >= 0.6 is 0 Å². The molecule has 2 rings (SSSR count). The van der Waals surface area contributed by atoms with E-state index in [1.807, 2.05) is 18.2 Å². The first-order valence-corrected chi connectivity index (χ1v) is 6.10. The second kappa shape index (κ2) is 4.77. The number of aliphatic hydroxyl groups is 1. The Hall–Kier alpha value is -1.52. The lowest BCUT2D eigenvalue weighted by Gasteiger charge is -2.37. The highest BCUT2D eigenvalue weighted by atomic mass is 16.3. The van der Waals surface area contributed by atoms with E-state index in [2.05, 4.69) is 24.6 Å². The van der Waals surface area contributed by atoms with Gasteiger partial charge >= 0.3 is 0 Å². The predicted octanol–water partition coefficient (Wildman–Crippen LogP) is 3.05. The summed E-state index contributed by atoms with van der Waals surface area (Å²) in [6, 6.07) is 8.28. The summed E-state index contributed by atoms with van der Waals surface area (Å²) in [4.78, 5) is 0. The summed E-state index contributed by atoms with van der Waals surface area (Å²) >= 11 is 0. The number of allylic oxidation sites excluding steroid dienone is 1. The molecule has 0 heterocycles. The van der Waals surface area contributed by atoms with E-state index in [1.165, 1.54) is 11.1 Å². The minimum Gasteiger partial charge on any atom is -0.377 e. The Bertz CT molecular complexity index is 455. The van der Waals surface area contributed by atoms with Crippen molar-refractivity contribution in [3.63, 3.8) is 0 Å². The zero-order chi connectivity index (χ0) is 12.3. The fraction of sp³-hybridized carbons (Fsp3) is 0.375. The van der Waals surface area contributed by atoms with Crippen LogP contribution in [0.1, 0.15) is 36.3 Å². The van der Waals surface area contributed by atoms with Gasteiger partial charge in [0.2, 0.25) is 0 Å². The maximum absolute atomic E-state index is 10.5. The molecule has 1 nitrogen and oxygen atoms in total. The maximum atomic E-state index is 10.5. The molecule has 2 atom stereocenters. The van der Waals surface area contributed by atoms with Crippen molar-refractivity contribution in [2.75, 3.05) is 0 Å². The van der Waals surface area contributed by atoms with Crippen molar-refractivity contribution >= 4 is 0 Å². The molecule has 0 amide bonds. The molecular formula is C16H18O. The van der Waals surface area contributed by atoms with Crippen molar-refractivity contribution < 1.29 is 5.11 Å². The normalized spacial score (nSPS) is 26.9. The summed E-state index contributed by atoms with van der Waals surface area (Å²) < 4.78 is 0. The number of benzene rings is 1. The van der Waals surface area contributed by atoms with Crippen LogP contribution in [0.25, 0.3) is 0 Å². The largest absolute Gasteiger partial charge is 0.377 e. The zero-order valence-corrected chi connectivity index (χ0v) is 10.0. The van der Waals surface area contributed by atoms with Crippen molar-refractivity contribution in [1.82, 2.24) is 0 Å². The van der Waals surface area contributed by atoms with E-state index in [1.54, 1.807) is 0 Å². The zero-order valence-electron chi connectivity index (χ0n) is 10.0. The van der Waals surface area contributed by atoms with E-state index >= 15 is 0 Å². The standard InChI is InChI=1S/C16H18O/c1-3-5-10-15-14-9-7-6-8-13(14)11-12-16(15,17)4-2/h2-3,6-9,15,17H,1,5,10-12H2/t15-,16+/m1/s1. The quantitative estimate of drug-likeness (QED) is 0.620. The second-order valence-corrected chi connectivity index (χ2v) is 4.69. The van der Waals surface area contributed by atoms with Crippen molar-refractivity contribution in [2.24, 2.45) is 0 Å². The summed E-state index contributed by atoms with van der Waals surface area (Å²) in [5.74, 6) is 2.64.